The average molecular weight is 177 g/mol. The Morgan fingerprint density at radius 2 is 1.73 bits per heavy atom. The summed E-state index contributed by atoms with van der Waals surface area (Å²) in [6.45, 7) is 4.00. The third-order valence-electron chi connectivity index (χ3n) is 1.82. The zero-order valence-electron chi connectivity index (χ0n) is 7.47. The van der Waals surface area contributed by atoms with Crippen LogP contribution in [0.3, 0.4) is 0 Å². The van der Waals surface area contributed by atoms with Crippen LogP contribution in [0.2, 0.25) is 0 Å². The van der Waals surface area contributed by atoms with Crippen molar-refractivity contribution < 1.29 is 4.55 Å². The molecule has 1 saturated carbocycles. The van der Waals surface area contributed by atoms with E-state index in [9.17, 15) is 0 Å². The quantitative estimate of drug-likeness (QED) is 0.502. The van der Waals surface area contributed by atoms with Gasteiger partial charge in [-0.3, -0.25) is 0 Å². The van der Waals surface area contributed by atoms with Gasteiger partial charge in [-0.15, -0.1) is 0 Å². The fourth-order valence-corrected chi connectivity index (χ4v) is 1.68. The highest BCUT2D eigenvalue weighted by molar-refractivity contribution is 7.91. The lowest BCUT2D eigenvalue weighted by Crippen LogP contribution is -2.24. The summed E-state index contributed by atoms with van der Waals surface area (Å²) in [6.07, 6.45) is 6.46. The lowest BCUT2D eigenvalue weighted by molar-refractivity contribution is 0.418. The monoisotopic (exact) mass is 177 g/mol. The molecular formula is C8H19NOS. The van der Waals surface area contributed by atoms with Crippen LogP contribution >= 0.6 is 12.2 Å². The first-order valence-electron chi connectivity index (χ1n) is 4.49. The maximum Gasteiger partial charge on any atom is 0.0762 e. The van der Waals surface area contributed by atoms with Crippen molar-refractivity contribution in [3.8, 4) is 0 Å². The minimum atomic E-state index is 0.564. The molecule has 0 aromatic rings. The third-order valence-corrected chi connectivity index (χ3v) is 2.26. The summed E-state index contributed by atoms with van der Waals surface area (Å²) >= 11 is 0.758. The minimum Gasteiger partial charge on any atom is -0.317 e. The molecule has 1 rings (SSSR count). The van der Waals surface area contributed by atoms with Crippen molar-refractivity contribution in [1.82, 2.24) is 4.72 Å². The van der Waals surface area contributed by atoms with Gasteiger partial charge in [0.1, 0.15) is 0 Å². The van der Waals surface area contributed by atoms with E-state index in [1.807, 2.05) is 13.8 Å². The third kappa shape index (κ3) is 5.53. The summed E-state index contributed by atoms with van der Waals surface area (Å²) in [5.74, 6) is 0. The molecule has 0 bridgehead atoms. The van der Waals surface area contributed by atoms with E-state index in [2.05, 4.69) is 4.72 Å². The summed E-state index contributed by atoms with van der Waals surface area (Å²) in [5, 5.41) is 0. The van der Waals surface area contributed by atoms with E-state index in [0.717, 1.165) is 12.2 Å². The molecule has 0 heterocycles. The summed E-state index contributed by atoms with van der Waals surface area (Å²) in [7, 11) is 0. The Kier molecular flexibility index (Phi) is 8.57. The molecule has 0 aromatic heterocycles. The van der Waals surface area contributed by atoms with Crippen LogP contribution in [0.5, 0.6) is 0 Å². The van der Waals surface area contributed by atoms with Crippen molar-refractivity contribution in [1.29, 1.82) is 0 Å². The molecule has 2 N–H and O–H groups in total. The standard InChI is InChI=1S/C6H13NOS.C2H6/c8-9-7-6-4-2-1-3-5-6;1-2/h6-8H,1-5H2;1-2H3. The Hall–Kier alpha value is 0.270. The summed E-state index contributed by atoms with van der Waals surface area (Å²) < 4.78 is 11.4. The summed E-state index contributed by atoms with van der Waals surface area (Å²) in [5.41, 5.74) is 0. The van der Waals surface area contributed by atoms with Gasteiger partial charge in [0.05, 0.1) is 12.2 Å². The fraction of sp³-hybridized carbons (Fsp3) is 1.00. The van der Waals surface area contributed by atoms with Crippen LogP contribution in [-0.4, -0.2) is 10.6 Å². The van der Waals surface area contributed by atoms with Gasteiger partial charge < -0.3 is 4.55 Å². The van der Waals surface area contributed by atoms with Crippen LogP contribution in [-0.2, 0) is 0 Å². The molecule has 0 amide bonds. The van der Waals surface area contributed by atoms with Gasteiger partial charge in [-0.1, -0.05) is 33.1 Å². The van der Waals surface area contributed by atoms with Gasteiger partial charge in [0.25, 0.3) is 0 Å². The van der Waals surface area contributed by atoms with E-state index in [0.29, 0.717) is 6.04 Å². The van der Waals surface area contributed by atoms with Gasteiger partial charge in [-0.25, -0.2) is 4.72 Å². The Balaban J connectivity index is 0.000000461. The zero-order valence-corrected chi connectivity index (χ0v) is 8.28. The van der Waals surface area contributed by atoms with Crippen LogP contribution in [0.1, 0.15) is 46.0 Å². The highest BCUT2D eigenvalue weighted by atomic mass is 32.2. The number of nitrogens with one attached hydrogen (secondary N) is 1. The van der Waals surface area contributed by atoms with Gasteiger partial charge in [0.2, 0.25) is 0 Å². The van der Waals surface area contributed by atoms with Crippen LogP contribution in [0.4, 0.5) is 0 Å². The van der Waals surface area contributed by atoms with Gasteiger partial charge in [-0.05, 0) is 12.8 Å². The van der Waals surface area contributed by atoms with E-state index in [4.69, 9.17) is 4.55 Å². The predicted molar refractivity (Wildman–Crippen MR) is 51.6 cm³/mol. The van der Waals surface area contributed by atoms with Crippen molar-refractivity contribution in [2.45, 2.75) is 52.0 Å². The first-order valence-corrected chi connectivity index (χ1v) is 5.27. The summed E-state index contributed by atoms with van der Waals surface area (Å²) in [6, 6.07) is 0.564. The SMILES string of the molecule is CC.OSNC1CCCCC1. The van der Waals surface area contributed by atoms with Crippen molar-refractivity contribution in [3.63, 3.8) is 0 Å². The molecular weight excluding hydrogens is 158 g/mol. The van der Waals surface area contributed by atoms with E-state index < -0.39 is 0 Å². The molecule has 0 saturated heterocycles. The highest BCUT2D eigenvalue weighted by Crippen LogP contribution is 2.18. The summed E-state index contributed by atoms with van der Waals surface area (Å²) in [4.78, 5) is 0. The van der Waals surface area contributed by atoms with Crippen LogP contribution < -0.4 is 4.72 Å². The van der Waals surface area contributed by atoms with Crippen molar-refractivity contribution in [2.75, 3.05) is 0 Å². The lowest BCUT2D eigenvalue weighted by atomic mass is 9.96. The topological polar surface area (TPSA) is 32.3 Å². The number of hydrogen-bond acceptors (Lipinski definition) is 3. The molecule has 1 aliphatic carbocycles. The van der Waals surface area contributed by atoms with Gasteiger partial charge in [-0.2, -0.15) is 0 Å². The second kappa shape index (κ2) is 8.37. The smallest absolute Gasteiger partial charge is 0.0762 e. The maximum atomic E-state index is 8.42. The predicted octanol–water partition coefficient (Wildman–Crippen LogP) is 3.06. The molecule has 0 atom stereocenters. The van der Waals surface area contributed by atoms with E-state index in [1.54, 1.807) is 0 Å². The molecule has 3 heteroatoms. The van der Waals surface area contributed by atoms with Crippen molar-refractivity contribution >= 4 is 12.2 Å². The first-order chi connectivity index (χ1) is 5.43. The highest BCUT2D eigenvalue weighted by Gasteiger charge is 2.11. The van der Waals surface area contributed by atoms with E-state index in [-0.39, 0.29) is 0 Å². The second-order valence-electron chi connectivity index (χ2n) is 2.54. The van der Waals surface area contributed by atoms with Crippen LogP contribution in [0, 0.1) is 0 Å². The fourth-order valence-electron chi connectivity index (χ4n) is 1.29. The normalized spacial score (nSPS) is 18.8. The molecule has 1 aliphatic rings. The van der Waals surface area contributed by atoms with Crippen LogP contribution in [0.15, 0.2) is 0 Å². The zero-order chi connectivity index (χ0) is 8.53. The second-order valence-corrected chi connectivity index (χ2v) is 2.96. The van der Waals surface area contributed by atoms with Crippen LogP contribution in [0.25, 0.3) is 0 Å². The van der Waals surface area contributed by atoms with E-state index in [1.165, 1.54) is 32.1 Å². The van der Waals surface area contributed by atoms with Crippen molar-refractivity contribution in [2.24, 2.45) is 0 Å². The minimum absolute atomic E-state index is 0.564. The number of hydrogen-bond donors (Lipinski definition) is 2. The maximum absolute atomic E-state index is 8.42. The number of rotatable bonds is 2. The molecule has 68 valence electrons. The van der Waals surface area contributed by atoms with Gasteiger partial charge in [0, 0.05) is 6.04 Å². The average Bonchev–Trinajstić information content (AvgIpc) is 2.11. The Labute approximate surface area is 74.1 Å². The largest absolute Gasteiger partial charge is 0.317 e. The molecule has 2 nitrogen and oxygen atoms in total. The van der Waals surface area contributed by atoms with E-state index >= 15 is 0 Å². The first kappa shape index (κ1) is 11.3. The van der Waals surface area contributed by atoms with Crippen molar-refractivity contribution in [3.05, 3.63) is 0 Å². The molecule has 0 aromatic carbocycles. The Morgan fingerprint density at radius 3 is 2.18 bits per heavy atom. The molecule has 11 heavy (non-hydrogen) atoms. The Bertz CT molecular complexity index is 71.7. The molecule has 0 radical (unpaired) electrons. The molecule has 0 spiro atoms. The molecule has 1 fully saturated rings. The lowest BCUT2D eigenvalue weighted by Gasteiger charge is -2.20. The van der Waals surface area contributed by atoms with Gasteiger partial charge >= 0.3 is 0 Å². The molecule has 0 aliphatic heterocycles. The Morgan fingerprint density at radius 1 is 1.18 bits per heavy atom. The molecule has 0 unspecified atom stereocenters. The van der Waals surface area contributed by atoms with Gasteiger partial charge in [0.15, 0.2) is 0 Å².